The molecule has 0 amide bonds. The number of allylic oxidation sites excluding steroid dienone is 1. The van der Waals surface area contributed by atoms with Gasteiger partial charge in [-0.1, -0.05) is 23.8 Å². The SMILES string of the molecule is CN(c1cncc(C=CC2(C(F)(F)F)CC2)c1)c1nc2nncn2c2cc(Cl)ccc12. The quantitative estimate of drug-likeness (QED) is 0.419. The van der Waals surface area contributed by atoms with Crippen LogP contribution in [0.15, 0.2) is 49.1 Å². The fourth-order valence-corrected chi connectivity index (χ4v) is 3.72. The van der Waals surface area contributed by atoms with Gasteiger partial charge < -0.3 is 4.90 Å². The smallest absolute Gasteiger partial charge is 0.327 e. The Labute approximate surface area is 180 Å². The van der Waals surface area contributed by atoms with E-state index in [1.54, 1.807) is 35.1 Å². The normalized spacial score (nSPS) is 15.8. The number of rotatable bonds is 4. The fraction of sp³-hybridized carbons (Fsp3) is 0.238. The molecule has 1 fully saturated rings. The summed E-state index contributed by atoms with van der Waals surface area (Å²) in [5, 5.41) is 9.33. The van der Waals surface area contributed by atoms with Gasteiger partial charge in [-0.2, -0.15) is 18.2 Å². The topological polar surface area (TPSA) is 59.2 Å². The molecule has 0 unspecified atom stereocenters. The maximum absolute atomic E-state index is 13.2. The zero-order valence-electron chi connectivity index (χ0n) is 16.3. The number of anilines is 2. The van der Waals surface area contributed by atoms with E-state index in [-0.39, 0.29) is 12.8 Å². The van der Waals surface area contributed by atoms with E-state index < -0.39 is 11.6 Å². The fourth-order valence-electron chi connectivity index (χ4n) is 3.56. The maximum Gasteiger partial charge on any atom is 0.397 e. The highest BCUT2D eigenvalue weighted by atomic mass is 35.5. The Morgan fingerprint density at radius 2 is 2.00 bits per heavy atom. The Kier molecular flexibility index (Phi) is 4.40. The van der Waals surface area contributed by atoms with Crippen LogP contribution in [0, 0.1) is 5.41 Å². The van der Waals surface area contributed by atoms with E-state index in [9.17, 15) is 13.2 Å². The Bertz CT molecular complexity index is 1330. The van der Waals surface area contributed by atoms with Gasteiger partial charge in [0.1, 0.15) is 12.1 Å². The molecule has 1 aliphatic carbocycles. The Morgan fingerprint density at radius 1 is 1.19 bits per heavy atom. The summed E-state index contributed by atoms with van der Waals surface area (Å²) in [7, 11) is 1.81. The number of hydrogen-bond donors (Lipinski definition) is 0. The summed E-state index contributed by atoms with van der Waals surface area (Å²) in [6, 6.07) is 7.19. The van der Waals surface area contributed by atoms with Gasteiger partial charge in [0.15, 0.2) is 0 Å². The van der Waals surface area contributed by atoms with Gasteiger partial charge in [0.2, 0.25) is 0 Å². The molecule has 3 aromatic heterocycles. The van der Waals surface area contributed by atoms with Crippen LogP contribution in [0.25, 0.3) is 22.8 Å². The number of alkyl halides is 3. The van der Waals surface area contributed by atoms with Crippen molar-refractivity contribution in [2.24, 2.45) is 5.41 Å². The largest absolute Gasteiger partial charge is 0.397 e. The predicted molar refractivity (Wildman–Crippen MR) is 112 cm³/mol. The number of pyridine rings is 1. The van der Waals surface area contributed by atoms with Gasteiger partial charge in [0, 0.05) is 23.7 Å². The maximum atomic E-state index is 13.2. The molecule has 5 rings (SSSR count). The molecule has 1 saturated carbocycles. The predicted octanol–water partition coefficient (Wildman–Crippen LogP) is 5.45. The van der Waals surface area contributed by atoms with Crippen molar-refractivity contribution in [1.82, 2.24) is 24.6 Å². The number of nitrogens with zero attached hydrogens (tertiary/aromatic N) is 6. The second-order valence-corrected chi connectivity index (χ2v) is 8.06. The number of hydrogen-bond acceptors (Lipinski definition) is 5. The number of fused-ring (bicyclic) bond motifs is 3. The van der Waals surface area contributed by atoms with Crippen LogP contribution in [0.1, 0.15) is 18.4 Å². The number of aromatic nitrogens is 5. The first-order chi connectivity index (χ1) is 14.8. The van der Waals surface area contributed by atoms with Crippen LogP contribution in [-0.4, -0.2) is 37.8 Å². The summed E-state index contributed by atoms with van der Waals surface area (Å²) in [6.07, 6.45) is 3.46. The minimum Gasteiger partial charge on any atom is -0.327 e. The number of halogens is 4. The highest BCUT2D eigenvalue weighted by molar-refractivity contribution is 6.31. The Balaban J connectivity index is 1.54. The summed E-state index contributed by atoms with van der Waals surface area (Å²) >= 11 is 6.18. The number of benzene rings is 1. The molecule has 158 valence electrons. The summed E-state index contributed by atoms with van der Waals surface area (Å²) in [5.41, 5.74) is 0.335. The van der Waals surface area contributed by atoms with Gasteiger partial charge >= 0.3 is 6.18 Å². The first-order valence-corrected chi connectivity index (χ1v) is 9.89. The monoisotopic (exact) mass is 444 g/mol. The first-order valence-electron chi connectivity index (χ1n) is 9.51. The van der Waals surface area contributed by atoms with E-state index in [0.717, 1.165) is 10.9 Å². The van der Waals surface area contributed by atoms with Crippen molar-refractivity contribution in [3.63, 3.8) is 0 Å². The van der Waals surface area contributed by atoms with E-state index in [0.29, 0.717) is 27.9 Å². The van der Waals surface area contributed by atoms with Gasteiger partial charge in [-0.3, -0.25) is 9.38 Å². The standard InChI is InChI=1S/C21H16ClF3N6/c1-30(15-8-13(10-26-11-15)4-5-20(6-7-20)21(23,24)25)18-16-3-2-14(22)9-17(16)31-12-27-29-19(31)28-18/h2-5,8-12H,6-7H2,1H3. The van der Waals surface area contributed by atoms with Crippen LogP contribution in [0.3, 0.4) is 0 Å². The minimum atomic E-state index is -4.23. The molecule has 0 N–H and O–H groups in total. The van der Waals surface area contributed by atoms with Gasteiger partial charge in [-0.25, -0.2) is 0 Å². The molecule has 0 spiro atoms. The third-order valence-electron chi connectivity index (χ3n) is 5.59. The van der Waals surface area contributed by atoms with E-state index in [4.69, 9.17) is 11.6 Å². The molecule has 0 saturated heterocycles. The first kappa shape index (κ1) is 19.7. The van der Waals surface area contributed by atoms with Crippen molar-refractivity contribution in [3.05, 3.63) is 59.6 Å². The summed E-state index contributed by atoms with van der Waals surface area (Å²) in [4.78, 5) is 10.6. The van der Waals surface area contributed by atoms with E-state index >= 15 is 0 Å². The van der Waals surface area contributed by atoms with Crippen molar-refractivity contribution in [2.75, 3.05) is 11.9 Å². The lowest BCUT2D eigenvalue weighted by Gasteiger charge is -2.20. The van der Waals surface area contributed by atoms with E-state index in [2.05, 4.69) is 20.2 Å². The molecule has 31 heavy (non-hydrogen) atoms. The molecule has 1 aromatic carbocycles. The van der Waals surface area contributed by atoms with Gasteiger partial charge in [-0.05, 0) is 42.7 Å². The lowest BCUT2D eigenvalue weighted by atomic mass is 10.0. The average Bonchev–Trinajstić information content (AvgIpc) is 3.41. The zero-order chi connectivity index (χ0) is 21.8. The van der Waals surface area contributed by atoms with Gasteiger partial charge in [0.25, 0.3) is 5.78 Å². The molecule has 6 nitrogen and oxygen atoms in total. The molecule has 0 aliphatic heterocycles. The van der Waals surface area contributed by atoms with E-state index in [1.807, 2.05) is 18.0 Å². The second kappa shape index (κ2) is 6.91. The minimum absolute atomic E-state index is 0.122. The molecular formula is C21H16ClF3N6. The molecule has 4 aromatic rings. The Morgan fingerprint density at radius 3 is 2.74 bits per heavy atom. The van der Waals surface area contributed by atoms with Crippen LogP contribution < -0.4 is 4.90 Å². The molecule has 1 aliphatic rings. The molecule has 0 bridgehead atoms. The molecule has 0 atom stereocenters. The zero-order valence-corrected chi connectivity index (χ0v) is 17.1. The van der Waals surface area contributed by atoms with Gasteiger partial charge in [-0.15, -0.1) is 10.2 Å². The van der Waals surface area contributed by atoms with Crippen molar-refractivity contribution < 1.29 is 13.2 Å². The molecule has 10 heteroatoms. The van der Waals surface area contributed by atoms with Crippen molar-refractivity contribution in [2.45, 2.75) is 19.0 Å². The summed E-state index contributed by atoms with van der Waals surface area (Å²) in [5.74, 6) is 1.01. The lowest BCUT2D eigenvalue weighted by molar-refractivity contribution is -0.171. The summed E-state index contributed by atoms with van der Waals surface area (Å²) < 4.78 is 41.3. The van der Waals surface area contributed by atoms with Gasteiger partial charge in [0.05, 0.1) is 22.8 Å². The second-order valence-electron chi connectivity index (χ2n) is 7.62. The molecular weight excluding hydrogens is 429 g/mol. The van der Waals surface area contributed by atoms with Crippen molar-refractivity contribution >= 4 is 45.9 Å². The van der Waals surface area contributed by atoms with Crippen LogP contribution in [0.4, 0.5) is 24.7 Å². The Hall–Kier alpha value is -3.20. The third kappa shape index (κ3) is 3.38. The van der Waals surface area contributed by atoms with Crippen LogP contribution in [0.2, 0.25) is 5.02 Å². The van der Waals surface area contributed by atoms with Crippen molar-refractivity contribution in [3.8, 4) is 0 Å². The van der Waals surface area contributed by atoms with Crippen LogP contribution >= 0.6 is 11.6 Å². The highest BCUT2D eigenvalue weighted by Gasteiger charge is 2.61. The highest BCUT2D eigenvalue weighted by Crippen LogP contribution is 2.58. The average molecular weight is 445 g/mol. The molecule has 0 radical (unpaired) electrons. The third-order valence-corrected chi connectivity index (χ3v) is 5.83. The summed E-state index contributed by atoms with van der Waals surface area (Å²) in [6.45, 7) is 0. The van der Waals surface area contributed by atoms with Crippen molar-refractivity contribution in [1.29, 1.82) is 0 Å². The van der Waals surface area contributed by atoms with E-state index in [1.165, 1.54) is 18.3 Å². The molecule has 3 heterocycles. The van der Waals surface area contributed by atoms with Crippen LogP contribution in [0.5, 0.6) is 0 Å². The lowest BCUT2D eigenvalue weighted by Crippen LogP contribution is -2.22. The van der Waals surface area contributed by atoms with Crippen LogP contribution in [-0.2, 0) is 0 Å².